The number of aryl methyl sites for hydroxylation is 2. The predicted octanol–water partition coefficient (Wildman–Crippen LogP) is 4.86. The lowest BCUT2D eigenvalue weighted by Crippen LogP contribution is -2.15. The van der Waals surface area contributed by atoms with Crippen LogP contribution in [0.25, 0.3) is 11.5 Å². The van der Waals surface area contributed by atoms with Crippen LogP contribution in [0, 0.1) is 13.8 Å². The molecule has 3 rings (SSSR count). The Balaban J connectivity index is 1.53. The van der Waals surface area contributed by atoms with Crippen LogP contribution in [0.1, 0.15) is 40.8 Å². The Hall–Kier alpha value is -1.96. The van der Waals surface area contributed by atoms with E-state index < -0.39 is 7.60 Å². The third-order valence-electron chi connectivity index (χ3n) is 5.02. The first-order chi connectivity index (χ1) is 14.7. The Kier molecular flexibility index (Phi) is 8.08. The minimum absolute atomic E-state index is 0.0986. The van der Waals surface area contributed by atoms with Crippen molar-refractivity contribution in [2.24, 2.45) is 0 Å². The van der Waals surface area contributed by atoms with Crippen molar-refractivity contribution in [3.63, 3.8) is 0 Å². The average Bonchev–Trinajstić information content (AvgIpc) is 3.18. The monoisotopic (exact) mass is 461 g/mol. The second kappa shape index (κ2) is 10.6. The zero-order chi connectivity index (χ0) is 22.4. The molecule has 0 aliphatic heterocycles. The largest absolute Gasteiger partial charge is 0.411 e. The zero-order valence-corrected chi connectivity index (χ0v) is 19.6. The zero-order valence-electron chi connectivity index (χ0n) is 17.9. The fraction of sp³-hybridized carbons (Fsp3) is 0.364. The first kappa shape index (κ1) is 23.7. The van der Waals surface area contributed by atoms with Gasteiger partial charge in [0.05, 0.1) is 6.16 Å². The number of aromatic nitrogens is 2. The number of benzene rings is 2. The summed E-state index contributed by atoms with van der Waals surface area (Å²) in [6, 6.07) is 14.3. The van der Waals surface area contributed by atoms with Crippen molar-refractivity contribution >= 4 is 19.4 Å². The highest BCUT2D eigenvalue weighted by atomic mass is 32.2. The fourth-order valence-corrected chi connectivity index (χ4v) is 4.39. The quantitative estimate of drug-likeness (QED) is 0.223. The van der Waals surface area contributed by atoms with Gasteiger partial charge in [-0.05, 0) is 68.1 Å². The second-order valence-electron chi connectivity index (χ2n) is 7.59. The van der Waals surface area contributed by atoms with Gasteiger partial charge in [0.1, 0.15) is 0 Å². The minimum Gasteiger partial charge on any atom is -0.411 e. The molecule has 1 heterocycles. The molecule has 0 saturated heterocycles. The summed E-state index contributed by atoms with van der Waals surface area (Å²) in [7, 11) is -3.91. The fourth-order valence-electron chi connectivity index (χ4n) is 3.02. The van der Waals surface area contributed by atoms with Crippen LogP contribution in [0.2, 0.25) is 0 Å². The third-order valence-corrected chi connectivity index (χ3v) is 6.91. The molecule has 0 radical (unpaired) electrons. The van der Waals surface area contributed by atoms with Crippen LogP contribution in [0.4, 0.5) is 0 Å². The van der Waals surface area contributed by atoms with Gasteiger partial charge < -0.3 is 19.5 Å². The highest BCUT2D eigenvalue weighted by molar-refractivity contribution is 7.99. The molecule has 1 aromatic heterocycles. The molecule has 0 fully saturated rings. The van der Waals surface area contributed by atoms with E-state index in [0.29, 0.717) is 30.6 Å². The van der Waals surface area contributed by atoms with E-state index in [1.807, 2.05) is 24.3 Å². The molecule has 1 atom stereocenters. The van der Waals surface area contributed by atoms with E-state index in [2.05, 4.69) is 54.5 Å². The number of rotatable bonds is 10. The van der Waals surface area contributed by atoms with Gasteiger partial charge in [0, 0.05) is 17.4 Å². The topological polar surface area (TPSA) is 108 Å². The lowest BCUT2D eigenvalue weighted by Gasteiger charge is -2.10. The summed E-state index contributed by atoms with van der Waals surface area (Å²) < 4.78 is 16.7. The molecule has 31 heavy (non-hydrogen) atoms. The van der Waals surface area contributed by atoms with Crippen LogP contribution in [0.15, 0.2) is 52.1 Å². The van der Waals surface area contributed by atoms with Gasteiger partial charge in [0.25, 0.3) is 5.22 Å². The van der Waals surface area contributed by atoms with Crippen molar-refractivity contribution in [3.8, 4) is 11.5 Å². The van der Waals surface area contributed by atoms with Crippen molar-refractivity contribution in [1.82, 2.24) is 15.5 Å². The van der Waals surface area contributed by atoms with Crippen molar-refractivity contribution in [3.05, 3.63) is 64.7 Å². The van der Waals surface area contributed by atoms with E-state index in [9.17, 15) is 4.57 Å². The first-order valence-electron chi connectivity index (χ1n) is 10.1. The van der Waals surface area contributed by atoms with Crippen LogP contribution >= 0.6 is 19.4 Å². The molecule has 7 nitrogen and oxygen atoms in total. The molecule has 2 aromatic carbocycles. The Morgan fingerprint density at radius 3 is 2.52 bits per heavy atom. The molecule has 1 unspecified atom stereocenters. The highest BCUT2D eigenvalue weighted by Crippen LogP contribution is 2.36. The van der Waals surface area contributed by atoms with Crippen molar-refractivity contribution in [1.29, 1.82) is 0 Å². The molecular formula is C22H28N3O4PS. The maximum Gasteiger partial charge on any atom is 0.325 e. The molecule has 0 bridgehead atoms. The van der Waals surface area contributed by atoms with E-state index >= 15 is 0 Å². The standard InChI is InChI=1S/C22H28N3O4PS/c1-15-5-8-20(13-16(15)2)17(3)31-22-25-24-21(29-22)19-9-6-18(7-10-19)14-23-11-4-12-30(26,27)28/h5-10,13,17,23H,4,11-12,14H2,1-3H3,(H2,26,27,28). The van der Waals surface area contributed by atoms with Crippen LogP contribution in [-0.4, -0.2) is 32.7 Å². The number of hydrogen-bond donors (Lipinski definition) is 3. The second-order valence-corrected chi connectivity index (χ2v) is 10.7. The Bertz CT molecular complexity index is 1050. The van der Waals surface area contributed by atoms with Gasteiger partial charge >= 0.3 is 7.60 Å². The number of thioether (sulfide) groups is 1. The normalized spacial score (nSPS) is 12.8. The summed E-state index contributed by atoms with van der Waals surface area (Å²) in [5, 5.41) is 12.3. The van der Waals surface area contributed by atoms with Crippen LogP contribution < -0.4 is 5.32 Å². The minimum atomic E-state index is -3.91. The van der Waals surface area contributed by atoms with Crippen molar-refractivity contribution in [2.75, 3.05) is 12.7 Å². The van der Waals surface area contributed by atoms with Gasteiger partial charge in [-0.2, -0.15) is 0 Å². The molecule has 0 aliphatic carbocycles. The molecule has 166 valence electrons. The van der Waals surface area contributed by atoms with Gasteiger partial charge in [-0.1, -0.05) is 42.1 Å². The molecular weight excluding hydrogens is 433 g/mol. The maximum absolute atomic E-state index is 10.8. The Morgan fingerprint density at radius 1 is 1.10 bits per heavy atom. The van der Waals surface area contributed by atoms with E-state index in [4.69, 9.17) is 14.2 Å². The highest BCUT2D eigenvalue weighted by Gasteiger charge is 2.15. The molecule has 0 amide bonds. The number of nitrogens with zero attached hydrogens (tertiary/aromatic N) is 2. The molecule has 0 saturated carbocycles. The molecule has 9 heteroatoms. The van der Waals surface area contributed by atoms with Crippen LogP contribution in [-0.2, 0) is 11.1 Å². The van der Waals surface area contributed by atoms with Gasteiger partial charge in [-0.3, -0.25) is 4.57 Å². The SMILES string of the molecule is Cc1ccc(C(C)Sc2nnc(-c3ccc(CNCCCP(=O)(O)O)cc3)o2)cc1C. The number of nitrogens with one attached hydrogen (secondary N) is 1. The third kappa shape index (κ3) is 7.30. The Morgan fingerprint density at radius 2 is 1.84 bits per heavy atom. The first-order valence-corrected chi connectivity index (χ1v) is 12.8. The lowest BCUT2D eigenvalue weighted by molar-refractivity contribution is 0.371. The average molecular weight is 462 g/mol. The summed E-state index contributed by atoms with van der Waals surface area (Å²) >= 11 is 1.54. The lowest BCUT2D eigenvalue weighted by atomic mass is 10.0. The Labute approximate surface area is 186 Å². The van der Waals surface area contributed by atoms with Gasteiger partial charge in [0.2, 0.25) is 5.89 Å². The smallest absolute Gasteiger partial charge is 0.325 e. The molecule has 0 aliphatic rings. The van der Waals surface area contributed by atoms with Crippen molar-refractivity contribution < 1.29 is 18.8 Å². The molecule has 0 spiro atoms. The molecule has 3 aromatic rings. The number of hydrogen-bond acceptors (Lipinski definition) is 6. The summed E-state index contributed by atoms with van der Waals surface area (Å²) in [5.74, 6) is 0.482. The van der Waals surface area contributed by atoms with E-state index in [1.165, 1.54) is 16.7 Å². The van der Waals surface area contributed by atoms with Gasteiger partial charge in [-0.25, -0.2) is 0 Å². The van der Waals surface area contributed by atoms with E-state index in [1.54, 1.807) is 11.8 Å². The summed E-state index contributed by atoms with van der Waals surface area (Å²) in [5.41, 5.74) is 5.69. The van der Waals surface area contributed by atoms with Gasteiger partial charge in [-0.15, -0.1) is 10.2 Å². The summed E-state index contributed by atoms with van der Waals surface area (Å²) in [4.78, 5) is 17.7. The maximum atomic E-state index is 10.8. The van der Waals surface area contributed by atoms with Crippen LogP contribution in [0.3, 0.4) is 0 Å². The van der Waals surface area contributed by atoms with E-state index in [0.717, 1.165) is 11.1 Å². The van der Waals surface area contributed by atoms with Crippen LogP contribution in [0.5, 0.6) is 0 Å². The molecule has 3 N–H and O–H groups in total. The predicted molar refractivity (Wildman–Crippen MR) is 123 cm³/mol. The van der Waals surface area contributed by atoms with Gasteiger partial charge in [0.15, 0.2) is 0 Å². The summed E-state index contributed by atoms with van der Waals surface area (Å²) in [6.07, 6.45) is 0.337. The summed E-state index contributed by atoms with van der Waals surface area (Å²) in [6.45, 7) is 7.52. The van der Waals surface area contributed by atoms with E-state index in [-0.39, 0.29) is 11.4 Å². The van der Waals surface area contributed by atoms with Crippen molar-refractivity contribution in [2.45, 2.75) is 44.2 Å².